The molecule has 0 saturated carbocycles. The molecule has 0 aliphatic carbocycles. The Morgan fingerprint density at radius 3 is 2.84 bits per heavy atom. The number of halogens is 1. The second-order valence-corrected chi connectivity index (χ2v) is 4.03. The molecule has 1 aliphatic heterocycles. The van der Waals surface area contributed by atoms with Gasteiger partial charge in [-0.3, -0.25) is 0 Å². The Morgan fingerprint density at radius 1 is 1.42 bits per heavy atom. The summed E-state index contributed by atoms with van der Waals surface area (Å²) in [4.78, 5) is 24.1. The van der Waals surface area contributed by atoms with Crippen LogP contribution in [0.15, 0.2) is 24.3 Å². The number of carbonyl (C=O) groups is 2. The van der Waals surface area contributed by atoms with Crippen LogP contribution in [0.5, 0.6) is 0 Å². The Balaban J connectivity index is 2.10. The summed E-state index contributed by atoms with van der Waals surface area (Å²) in [6.45, 7) is 0.339. The van der Waals surface area contributed by atoms with Crippen LogP contribution in [0.3, 0.4) is 0 Å². The van der Waals surface area contributed by atoms with Gasteiger partial charge in [0.1, 0.15) is 5.82 Å². The molecule has 1 saturated heterocycles. The molecule has 19 heavy (non-hydrogen) atoms. The molecule has 1 fully saturated rings. The highest BCUT2D eigenvalue weighted by Gasteiger charge is 2.32. The van der Waals surface area contributed by atoms with Gasteiger partial charge < -0.3 is 20.1 Å². The number of aliphatic carboxylic acids is 1. The first kappa shape index (κ1) is 13.3. The van der Waals surface area contributed by atoms with E-state index in [-0.39, 0.29) is 25.4 Å². The summed E-state index contributed by atoms with van der Waals surface area (Å²) in [5, 5.41) is 11.4. The molecule has 1 aromatic rings. The van der Waals surface area contributed by atoms with E-state index in [9.17, 15) is 14.0 Å². The van der Waals surface area contributed by atoms with E-state index in [2.05, 4.69) is 5.32 Å². The van der Waals surface area contributed by atoms with Crippen LogP contribution in [0.2, 0.25) is 0 Å². The molecule has 1 aliphatic rings. The van der Waals surface area contributed by atoms with Crippen molar-refractivity contribution in [1.29, 1.82) is 0 Å². The monoisotopic (exact) mass is 268 g/mol. The fourth-order valence-electron chi connectivity index (χ4n) is 1.80. The third-order valence-corrected chi connectivity index (χ3v) is 2.79. The van der Waals surface area contributed by atoms with Crippen LogP contribution in [0.4, 0.5) is 14.9 Å². The lowest BCUT2D eigenvalue weighted by molar-refractivity contribution is -0.147. The highest BCUT2D eigenvalue weighted by molar-refractivity contribution is 5.92. The van der Waals surface area contributed by atoms with Crippen LogP contribution < -0.4 is 5.32 Å². The number of rotatable bonds is 2. The predicted molar refractivity (Wildman–Crippen MR) is 64.4 cm³/mol. The van der Waals surface area contributed by atoms with Gasteiger partial charge in [0.25, 0.3) is 0 Å². The number of amides is 2. The maximum atomic E-state index is 13.4. The summed E-state index contributed by atoms with van der Waals surface area (Å²) in [5.74, 6) is -1.72. The molecule has 2 rings (SSSR count). The Kier molecular flexibility index (Phi) is 3.96. The smallest absolute Gasteiger partial charge is 0.328 e. The number of ether oxygens (including phenoxy) is 1. The summed E-state index contributed by atoms with van der Waals surface area (Å²) in [5.41, 5.74) is 0.0168. The molecule has 7 heteroatoms. The van der Waals surface area contributed by atoms with E-state index in [4.69, 9.17) is 9.84 Å². The highest BCUT2D eigenvalue weighted by atomic mass is 19.1. The minimum atomic E-state index is -1.15. The minimum absolute atomic E-state index is 0.0168. The molecule has 0 aromatic heterocycles. The largest absolute Gasteiger partial charge is 0.480 e. The standard InChI is InChI=1S/C12H13FN2O4/c13-8-3-1-2-4-9(8)14-12(18)15-5-6-19-7-10(15)11(16)17/h1-4,10H,5-7H2,(H,14,18)(H,16,17). The molecular formula is C12H13FN2O4. The van der Waals surface area contributed by atoms with Gasteiger partial charge in [-0.15, -0.1) is 0 Å². The van der Waals surface area contributed by atoms with Crippen molar-refractivity contribution < 1.29 is 23.8 Å². The number of morpholine rings is 1. The third-order valence-electron chi connectivity index (χ3n) is 2.79. The van der Waals surface area contributed by atoms with E-state index in [0.29, 0.717) is 0 Å². The minimum Gasteiger partial charge on any atom is -0.480 e. The fourth-order valence-corrected chi connectivity index (χ4v) is 1.80. The van der Waals surface area contributed by atoms with E-state index in [1.807, 2.05) is 0 Å². The van der Waals surface area contributed by atoms with E-state index in [0.717, 1.165) is 4.90 Å². The number of nitrogens with one attached hydrogen (secondary N) is 1. The van der Waals surface area contributed by atoms with Gasteiger partial charge in [0.15, 0.2) is 6.04 Å². The van der Waals surface area contributed by atoms with Gasteiger partial charge in [-0.1, -0.05) is 12.1 Å². The maximum absolute atomic E-state index is 13.4. The van der Waals surface area contributed by atoms with Gasteiger partial charge in [0.2, 0.25) is 0 Å². The molecule has 1 atom stereocenters. The van der Waals surface area contributed by atoms with E-state index < -0.39 is 23.9 Å². The van der Waals surface area contributed by atoms with Gasteiger partial charge in [0.05, 0.1) is 18.9 Å². The van der Waals surface area contributed by atoms with Crippen LogP contribution in [-0.2, 0) is 9.53 Å². The van der Waals surface area contributed by atoms with E-state index >= 15 is 0 Å². The molecule has 2 N–H and O–H groups in total. The summed E-state index contributed by atoms with van der Waals surface area (Å²) >= 11 is 0. The number of hydrogen-bond donors (Lipinski definition) is 2. The van der Waals surface area contributed by atoms with Crippen molar-refractivity contribution in [3.05, 3.63) is 30.1 Å². The molecule has 102 valence electrons. The van der Waals surface area contributed by atoms with Gasteiger partial charge in [-0.25, -0.2) is 14.0 Å². The number of nitrogens with zero attached hydrogens (tertiary/aromatic N) is 1. The Hall–Kier alpha value is -2.15. The number of carboxylic acids is 1. The molecular weight excluding hydrogens is 255 g/mol. The molecule has 1 heterocycles. The lowest BCUT2D eigenvalue weighted by Crippen LogP contribution is -2.54. The topological polar surface area (TPSA) is 78.9 Å². The summed E-state index contributed by atoms with van der Waals surface area (Å²) in [6.07, 6.45) is 0. The lowest BCUT2D eigenvalue weighted by Gasteiger charge is -2.32. The van der Waals surface area contributed by atoms with Gasteiger partial charge in [-0.05, 0) is 12.1 Å². The first-order valence-corrected chi connectivity index (χ1v) is 5.72. The first-order valence-electron chi connectivity index (χ1n) is 5.72. The summed E-state index contributed by atoms with van der Waals surface area (Å²) in [7, 11) is 0. The van der Waals surface area contributed by atoms with Crippen molar-refractivity contribution in [1.82, 2.24) is 4.90 Å². The van der Waals surface area contributed by atoms with Crippen molar-refractivity contribution >= 4 is 17.7 Å². The second kappa shape index (κ2) is 5.66. The second-order valence-electron chi connectivity index (χ2n) is 4.03. The van der Waals surface area contributed by atoms with Crippen molar-refractivity contribution in [3.8, 4) is 0 Å². The third kappa shape index (κ3) is 3.00. The number of carbonyl (C=O) groups excluding carboxylic acids is 1. The number of carboxylic acid groups (broad SMARTS) is 1. The number of urea groups is 1. The lowest BCUT2D eigenvalue weighted by atomic mass is 10.2. The quantitative estimate of drug-likeness (QED) is 0.843. The zero-order valence-corrected chi connectivity index (χ0v) is 10.0. The summed E-state index contributed by atoms with van der Waals surface area (Å²) in [6, 6.07) is 3.99. The fraction of sp³-hybridized carbons (Fsp3) is 0.333. The molecule has 2 amide bonds. The zero-order chi connectivity index (χ0) is 13.8. The number of para-hydroxylation sites is 1. The van der Waals surface area contributed by atoms with Crippen molar-refractivity contribution in [3.63, 3.8) is 0 Å². The zero-order valence-electron chi connectivity index (χ0n) is 10.0. The molecule has 0 bridgehead atoms. The highest BCUT2D eigenvalue weighted by Crippen LogP contribution is 2.15. The first-order chi connectivity index (χ1) is 9.09. The van der Waals surface area contributed by atoms with Crippen LogP contribution in [0.25, 0.3) is 0 Å². The summed E-state index contributed by atoms with van der Waals surface area (Å²) < 4.78 is 18.4. The number of benzene rings is 1. The number of hydrogen-bond acceptors (Lipinski definition) is 3. The molecule has 1 aromatic carbocycles. The Labute approximate surface area is 108 Å². The Bertz CT molecular complexity index is 494. The Morgan fingerprint density at radius 2 is 2.16 bits per heavy atom. The maximum Gasteiger partial charge on any atom is 0.328 e. The predicted octanol–water partition coefficient (Wildman–Crippen LogP) is 1.14. The van der Waals surface area contributed by atoms with Gasteiger partial charge in [0, 0.05) is 6.54 Å². The molecule has 6 nitrogen and oxygen atoms in total. The van der Waals surface area contributed by atoms with E-state index in [1.165, 1.54) is 18.2 Å². The normalized spacial score (nSPS) is 19.0. The number of anilines is 1. The average Bonchev–Trinajstić information content (AvgIpc) is 2.41. The van der Waals surface area contributed by atoms with Gasteiger partial charge in [-0.2, -0.15) is 0 Å². The molecule has 1 unspecified atom stereocenters. The van der Waals surface area contributed by atoms with Crippen molar-refractivity contribution in [2.45, 2.75) is 6.04 Å². The van der Waals surface area contributed by atoms with Crippen molar-refractivity contribution in [2.24, 2.45) is 0 Å². The van der Waals surface area contributed by atoms with Crippen LogP contribution in [-0.4, -0.2) is 47.8 Å². The average molecular weight is 268 g/mol. The van der Waals surface area contributed by atoms with E-state index in [1.54, 1.807) is 6.07 Å². The SMILES string of the molecule is O=C(O)C1COCCN1C(=O)Nc1ccccc1F. The van der Waals surface area contributed by atoms with Crippen LogP contribution in [0, 0.1) is 5.82 Å². The van der Waals surface area contributed by atoms with Crippen molar-refractivity contribution in [2.75, 3.05) is 25.1 Å². The van der Waals surface area contributed by atoms with Crippen LogP contribution >= 0.6 is 0 Å². The van der Waals surface area contributed by atoms with Gasteiger partial charge >= 0.3 is 12.0 Å². The molecule has 0 spiro atoms. The molecule has 0 radical (unpaired) electrons. The van der Waals surface area contributed by atoms with Crippen LogP contribution in [0.1, 0.15) is 0 Å².